The van der Waals surface area contributed by atoms with Crippen molar-refractivity contribution in [2.45, 2.75) is 6.04 Å². The lowest BCUT2D eigenvalue weighted by molar-refractivity contribution is 0.0947. The molecule has 1 N–H and O–H groups in total. The Morgan fingerprint density at radius 2 is 2.10 bits per heavy atom. The zero-order valence-electron chi connectivity index (χ0n) is 10.2. The molecule has 0 aliphatic heterocycles. The van der Waals surface area contributed by atoms with Gasteiger partial charge in [-0.2, -0.15) is 11.3 Å². The van der Waals surface area contributed by atoms with E-state index in [1.807, 2.05) is 28.3 Å². The van der Waals surface area contributed by atoms with E-state index >= 15 is 0 Å². The van der Waals surface area contributed by atoms with E-state index in [9.17, 15) is 4.79 Å². The maximum absolute atomic E-state index is 12.3. The quantitative estimate of drug-likeness (QED) is 0.662. The van der Waals surface area contributed by atoms with Crippen molar-refractivity contribution in [2.75, 3.05) is 0 Å². The molecule has 3 rings (SSSR count). The maximum Gasteiger partial charge on any atom is 0.262 e. The van der Waals surface area contributed by atoms with Gasteiger partial charge in [-0.1, -0.05) is 6.07 Å². The van der Waals surface area contributed by atoms with E-state index in [2.05, 4.69) is 38.8 Å². The summed E-state index contributed by atoms with van der Waals surface area (Å²) in [5.74, 6) is -0.0368. The normalized spacial score (nSPS) is 12.2. The van der Waals surface area contributed by atoms with Crippen LogP contribution in [0.25, 0.3) is 0 Å². The minimum Gasteiger partial charge on any atom is -0.340 e. The lowest BCUT2D eigenvalue weighted by Gasteiger charge is -2.16. The highest BCUT2D eigenvalue weighted by atomic mass is 79.9. The van der Waals surface area contributed by atoms with Crippen molar-refractivity contribution >= 4 is 55.8 Å². The molecule has 1 amide bonds. The van der Waals surface area contributed by atoms with Crippen LogP contribution >= 0.6 is 49.9 Å². The second-order valence-corrected chi connectivity index (χ2v) is 7.69. The van der Waals surface area contributed by atoms with Gasteiger partial charge in [0.05, 0.1) is 10.9 Å². The van der Waals surface area contributed by atoms with E-state index in [1.54, 1.807) is 22.7 Å². The molecule has 0 radical (unpaired) electrons. The fourth-order valence-electron chi connectivity index (χ4n) is 1.85. The van der Waals surface area contributed by atoms with E-state index < -0.39 is 0 Å². The zero-order valence-corrected chi connectivity index (χ0v) is 14.2. The van der Waals surface area contributed by atoms with Crippen molar-refractivity contribution in [1.29, 1.82) is 0 Å². The van der Waals surface area contributed by atoms with E-state index in [1.165, 1.54) is 11.3 Å². The van der Waals surface area contributed by atoms with Crippen LogP contribution in [0.1, 0.15) is 26.2 Å². The topological polar surface area (TPSA) is 29.1 Å². The number of carbonyl (C=O) groups is 1. The summed E-state index contributed by atoms with van der Waals surface area (Å²) in [7, 11) is 0. The van der Waals surface area contributed by atoms with Gasteiger partial charge in [-0.15, -0.1) is 22.7 Å². The van der Waals surface area contributed by atoms with Gasteiger partial charge in [0.15, 0.2) is 0 Å². The molecule has 102 valence electrons. The predicted molar refractivity (Wildman–Crippen MR) is 90.0 cm³/mol. The highest BCUT2D eigenvalue weighted by Gasteiger charge is 2.19. The van der Waals surface area contributed by atoms with Gasteiger partial charge in [0.2, 0.25) is 0 Å². The third-order valence-corrected chi connectivity index (χ3v) is 6.10. The summed E-state index contributed by atoms with van der Waals surface area (Å²) in [6.07, 6.45) is 0. The van der Waals surface area contributed by atoms with Crippen molar-refractivity contribution in [2.24, 2.45) is 0 Å². The number of halogens is 1. The number of amides is 1. The average Bonchev–Trinajstić information content (AvgIpc) is 3.17. The van der Waals surface area contributed by atoms with Crippen LogP contribution in [0.3, 0.4) is 0 Å². The Kier molecular flexibility index (Phi) is 4.35. The maximum atomic E-state index is 12.3. The second kappa shape index (κ2) is 6.22. The third-order valence-electron chi connectivity index (χ3n) is 2.77. The lowest BCUT2D eigenvalue weighted by atomic mass is 10.1. The van der Waals surface area contributed by atoms with E-state index in [0.717, 1.165) is 14.9 Å². The minimum atomic E-state index is -0.0744. The van der Waals surface area contributed by atoms with Crippen LogP contribution in [-0.2, 0) is 0 Å². The summed E-state index contributed by atoms with van der Waals surface area (Å²) < 4.78 is 0.941. The van der Waals surface area contributed by atoms with Crippen molar-refractivity contribution in [3.63, 3.8) is 0 Å². The fourth-order valence-corrected chi connectivity index (χ4v) is 4.67. The summed E-state index contributed by atoms with van der Waals surface area (Å²) >= 11 is 8.12. The Balaban J connectivity index is 1.86. The first kappa shape index (κ1) is 14.0. The first-order chi connectivity index (χ1) is 9.74. The summed E-state index contributed by atoms with van der Waals surface area (Å²) in [4.78, 5) is 14.2. The van der Waals surface area contributed by atoms with Gasteiger partial charge in [-0.25, -0.2) is 0 Å². The van der Waals surface area contributed by atoms with Crippen LogP contribution in [-0.4, -0.2) is 5.91 Å². The Labute approximate surface area is 137 Å². The van der Waals surface area contributed by atoms with Gasteiger partial charge in [0.25, 0.3) is 5.91 Å². The second-order valence-electron chi connectivity index (χ2n) is 4.11. The van der Waals surface area contributed by atoms with Gasteiger partial charge in [-0.05, 0) is 55.8 Å². The van der Waals surface area contributed by atoms with Crippen LogP contribution in [0.4, 0.5) is 0 Å². The van der Waals surface area contributed by atoms with Crippen molar-refractivity contribution in [3.05, 3.63) is 65.6 Å². The average molecular weight is 384 g/mol. The van der Waals surface area contributed by atoms with Crippen LogP contribution in [0.2, 0.25) is 0 Å². The van der Waals surface area contributed by atoms with Crippen LogP contribution < -0.4 is 5.32 Å². The largest absolute Gasteiger partial charge is 0.340 e. The van der Waals surface area contributed by atoms with Gasteiger partial charge in [-0.3, -0.25) is 4.79 Å². The summed E-state index contributed by atoms with van der Waals surface area (Å²) in [5, 5.41) is 11.2. The van der Waals surface area contributed by atoms with Crippen LogP contribution in [0, 0.1) is 0 Å². The molecule has 0 fully saturated rings. The molecule has 0 aromatic carbocycles. The molecule has 1 atom stereocenters. The SMILES string of the molecule is O=C(N[C@@H](c1ccsc1)c1cccs1)c1cc(Br)cs1. The molecular weight excluding hydrogens is 374 g/mol. The first-order valence-electron chi connectivity index (χ1n) is 5.84. The van der Waals surface area contributed by atoms with Gasteiger partial charge in [0, 0.05) is 14.7 Å². The van der Waals surface area contributed by atoms with E-state index in [0.29, 0.717) is 4.88 Å². The Bertz CT molecular complexity index is 654. The highest BCUT2D eigenvalue weighted by Crippen LogP contribution is 2.28. The van der Waals surface area contributed by atoms with Gasteiger partial charge >= 0.3 is 0 Å². The molecule has 0 saturated carbocycles. The Morgan fingerprint density at radius 1 is 1.20 bits per heavy atom. The molecule has 2 nitrogen and oxygen atoms in total. The molecule has 6 heteroatoms. The number of nitrogens with one attached hydrogen (secondary N) is 1. The molecule has 3 heterocycles. The Morgan fingerprint density at radius 3 is 2.70 bits per heavy atom. The molecule has 0 saturated heterocycles. The molecule has 0 unspecified atom stereocenters. The van der Waals surface area contributed by atoms with Crippen molar-refractivity contribution in [3.8, 4) is 0 Å². The lowest BCUT2D eigenvalue weighted by Crippen LogP contribution is -2.27. The molecule has 0 aliphatic rings. The number of hydrogen-bond donors (Lipinski definition) is 1. The fraction of sp³-hybridized carbons (Fsp3) is 0.0714. The number of hydrogen-bond acceptors (Lipinski definition) is 4. The minimum absolute atomic E-state index is 0.0368. The Hall–Kier alpha value is -0.950. The molecule has 3 aromatic rings. The number of rotatable bonds is 4. The smallest absolute Gasteiger partial charge is 0.262 e. The first-order valence-corrected chi connectivity index (χ1v) is 9.34. The third kappa shape index (κ3) is 3.03. The monoisotopic (exact) mass is 383 g/mol. The van der Waals surface area contributed by atoms with E-state index in [4.69, 9.17) is 0 Å². The summed E-state index contributed by atoms with van der Waals surface area (Å²) in [6, 6.07) is 7.89. The van der Waals surface area contributed by atoms with Gasteiger partial charge in [0.1, 0.15) is 0 Å². The molecule has 0 aliphatic carbocycles. The highest BCUT2D eigenvalue weighted by molar-refractivity contribution is 9.10. The van der Waals surface area contributed by atoms with Crippen molar-refractivity contribution in [1.82, 2.24) is 5.32 Å². The van der Waals surface area contributed by atoms with E-state index in [-0.39, 0.29) is 11.9 Å². The standard InChI is InChI=1S/C14H10BrNOS3/c15-10-6-12(20-8-10)14(17)16-13(9-3-5-18-7-9)11-2-1-4-19-11/h1-8,13H,(H,16,17)/t13-/m0/s1. The van der Waals surface area contributed by atoms with Gasteiger partial charge < -0.3 is 5.32 Å². The van der Waals surface area contributed by atoms with Crippen LogP contribution in [0.15, 0.2) is 50.3 Å². The molecule has 0 spiro atoms. The molecule has 20 heavy (non-hydrogen) atoms. The number of carbonyl (C=O) groups excluding carboxylic acids is 1. The molecule has 0 bridgehead atoms. The molecule has 3 aromatic heterocycles. The zero-order chi connectivity index (χ0) is 13.9. The number of thiophene rings is 3. The molecular formula is C14H10BrNOS3. The predicted octanol–water partition coefficient (Wildman–Crippen LogP) is 5.15. The summed E-state index contributed by atoms with van der Waals surface area (Å²) in [5.41, 5.74) is 1.13. The van der Waals surface area contributed by atoms with Crippen molar-refractivity contribution < 1.29 is 4.79 Å². The summed E-state index contributed by atoms with van der Waals surface area (Å²) in [6.45, 7) is 0. The van der Waals surface area contributed by atoms with Crippen LogP contribution in [0.5, 0.6) is 0 Å².